The van der Waals surface area contributed by atoms with Gasteiger partial charge in [0.25, 0.3) is 0 Å². The van der Waals surface area contributed by atoms with Crippen LogP contribution in [0.15, 0.2) is 47.4 Å². The van der Waals surface area contributed by atoms with E-state index in [1.807, 2.05) is 32.0 Å². The Kier molecular flexibility index (Phi) is 4.59. The van der Waals surface area contributed by atoms with Gasteiger partial charge in [0, 0.05) is 30.6 Å². The zero-order chi connectivity index (χ0) is 20.1. The van der Waals surface area contributed by atoms with Gasteiger partial charge in [-0.3, -0.25) is 4.79 Å². The van der Waals surface area contributed by atoms with Crippen LogP contribution in [0.3, 0.4) is 0 Å². The molecular weight excluding hydrogens is 372 g/mol. The van der Waals surface area contributed by atoms with Gasteiger partial charge in [-0.2, -0.15) is 0 Å². The lowest BCUT2D eigenvalue weighted by molar-refractivity contribution is -0.116. The Morgan fingerprint density at radius 2 is 1.93 bits per heavy atom. The maximum atomic E-state index is 13.1. The summed E-state index contributed by atoms with van der Waals surface area (Å²) in [5, 5.41) is 0. The first kappa shape index (κ1) is 19.2. The topological polar surface area (TPSA) is 66.5 Å². The summed E-state index contributed by atoms with van der Waals surface area (Å²) in [6.07, 6.45) is 2.75. The van der Waals surface area contributed by atoms with Crippen LogP contribution >= 0.6 is 0 Å². The lowest BCUT2D eigenvalue weighted by atomic mass is 9.87. The average molecular weight is 399 g/mol. The molecule has 1 aliphatic carbocycles. The van der Waals surface area contributed by atoms with Gasteiger partial charge in [-0.25, -0.2) is 13.1 Å². The fraction of sp³-hybridized carbons (Fsp3) is 0.409. The van der Waals surface area contributed by atoms with E-state index in [9.17, 15) is 13.2 Å². The normalized spacial score (nSPS) is 20.5. The van der Waals surface area contributed by atoms with E-state index in [2.05, 4.69) is 10.8 Å². The van der Waals surface area contributed by atoms with Gasteiger partial charge >= 0.3 is 0 Å². The minimum Gasteiger partial charge on any atom is -0.311 e. The third-order valence-electron chi connectivity index (χ3n) is 5.90. The van der Waals surface area contributed by atoms with E-state index in [0.717, 1.165) is 36.1 Å². The van der Waals surface area contributed by atoms with E-state index in [-0.39, 0.29) is 22.3 Å². The lowest BCUT2D eigenvalue weighted by Crippen LogP contribution is -2.32. The smallest absolute Gasteiger partial charge is 0.241 e. The largest absolute Gasteiger partial charge is 0.311 e. The molecule has 0 bridgehead atoms. The molecule has 0 saturated carbocycles. The molecule has 2 aromatic carbocycles. The van der Waals surface area contributed by atoms with E-state index in [1.54, 1.807) is 23.1 Å². The van der Waals surface area contributed by atoms with Crippen molar-refractivity contribution in [3.63, 3.8) is 0 Å². The van der Waals surface area contributed by atoms with Crippen molar-refractivity contribution >= 4 is 21.6 Å². The number of aryl methyl sites for hydroxylation is 1. The van der Waals surface area contributed by atoms with Crippen LogP contribution in [0.25, 0.3) is 0 Å². The van der Waals surface area contributed by atoms with E-state index in [0.29, 0.717) is 6.54 Å². The first-order valence-corrected chi connectivity index (χ1v) is 11.2. The highest BCUT2D eigenvalue weighted by molar-refractivity contribution is 7.89. The predicted octanol–water partition coefficient (Wildman–Crippen LogP) is 3.69. The van der Waals surface area contributed by atoms with Crippen LogP contribution in [0.1, 0.15) is 56.3 Å². The highest BCUT2D eigenvalue weighted by atomic mass is 32.2. The van der Waals surface area contributed by atoms with Crippen LogP contribution in [-0.4, -0.2) is 20.9 Å². The molecule has 6 heteroatoms. The summed E-state index contributed by atoms with van der Waals surface area (Å²) >= 11 is 0. The SMILES string of the molecule is CC(=O)N1CC(C)(C)c2cc(S(=O)(=O)N[C@@H]3CCCc4ccccc43)ccc21. The van der Waals surface area contributed by atoms with Crippen molar-refractivity contribution < 1.29 is 13.2 Å². The second kappa shape index (κ2) is 6.71. The molecule has 0 spiro atoms. The van der Waals surface area contributed by atoms with E-state index < -0.39 is 10.0 Å². The van der Waals surface area contributed by atoms with Gasteiger partial charge in [-0.1, -0.05) is 38.1 Å². The number of amides is 1. The number of nitrogens with zero attached hydrogens (tertiary/aromatic N) is 1. The molecule has 0 saturated heterocycles. The van der Waals surface area contributed by atoms with Crippen molar-refractivity contribution in [2.75, 3.05) is 11.4 Å². The summed E-state index contributed by atoms with van der Waals surface area (Å²) in [4.78, 5) is 13.9. The number of nitrogens with one attached hydrogen (secondary N) is 1. The summed E-state index contributed by atoms with van der Waals surface area (Å²) < 4.78 is 29.2. The Hall–Kier alpha value is -2.18. The standard InChI is InChI=1S/C22H26N2O3S/c1-15(25)24-14-22(2,3)19-13-17(11-12-21(19)24)28(26,27)23-20-10-6-8-16-7-4-5-9-18(16)20/h4-5,7,9,11-13,20,23H,6,8,10,14H2,1-3H3/t20-/m1/s1. The molecular formula is C22H26N2O3S. The Balaban J connectivity index is 1.68. The van der Waals surface area contributed by atoms with Crippen LogP contribution in [0.2, 0.25) is 0 Å². The van der Waals surface area contributed by atoms with Crippen LogP contribution < -0.4 is 9.62 Å². The number of benzene rings is 2. The van der Waals surface area contributed by atoms with E-state index in [1.165, 1.54) is 12.5 Å². The lowest BCUT2D eigenvalue weighted by Gasteiger charge is -2.26. The van der Waals surface area contributed by atoms with Crippen LogP contribution in [0, 0.1) is 0 Å². The zero-order valence-electron chi connectivity index (χ0n) is 16.5. The fourth-order valence-electron chi connectivity index (χ4n) is 4.44. The number of carbonyl (C=O) groups is 1. The number of carbonyl (C=O) groups excluding carboxylic acids is 1. The van der Waals surface area contributed by atoms with Gasteiger partial charge in [0.1, 0.15) is 0 Å². The predicted molar refractivity (Wildman–Crippen MR) is 110 cm³/mol. The molecule has 0 unspecified atom stereocenters. The molecule has 0 fully saturated rings. The fourth-order valence-corrected chi connectivity index (χ4v) is 5.71. The third kappa shape index (κ3) is 3.25. The molecule has 5 nitrogen and oxygen atoms in total. The van der Waals surface area contributed by atoms with E-state index >= 15 is 0 Å². The second-order valence-corrected chi connectivity index (χ2v) is 10.1. The number of hydrogen-bond acceptors (Lipinski definition) is 3. The van der Waals surface area contributed by atoms with Crippen LogP contribution in [-0.2, 0) is 26.7 Å². The molecule has 4 rings (SSSR count). The molecule has 0 radical (unpaired) electrons. The molecule has 2 aromatic rings. The zero-order valence-corrected chi connectivity index (χ0v) is 17.3. The third-order valence-corrected chi connectivity index (χ3v) is 7.37. The monoisotopic (exact) mass is 398 g/mol. The van der Waals surface area contributed by atoms with Crippen LogP contribution in [0.5, 0.6) is 0 Å². The van der Waals surface area contributed by atoms with Crippen molar-refractivity contribution in [2.45, 2.75) is 56.4 Å². The number of sulfonamides is 1. The molecule has 1 N–H and O–H groups in total. The van der Waals surface area contributed by atoms with E-state index in [4.69, 9.17) is 0 Å². The minimum absolute atomic E-state index is 0.0284. The molecule has 1 atom stereocenters. The summed E-state index contributed by atoms with van der Waals surface area (Å²) in [5.74, 6) is -0.0284. The minimum atomic E-state index is -3.67. The van der Waals surface area contributed by atoms with Crippen molar-refractivity contribution in [1.29, 1.82) is 0 Å². The quantitative estimate of drug-likeness (QED) is 0.858. The molecule has 1 aliphatic heterocycles. The summed E-state index contributed by atoms with van der Waals surface area (Å²) in [6, 6.07) is 12.9. The number of fused-ring (bicyclic) bond motifs is 2. The van der Waals surface area contributed by atoms with Crippen molar-refractivity contribution in [3.05, 3.63) is 59.2 Å². The second-order valence-electron chi connectivity index (χ2n) is 8.43. The van der Waals surface area contributed by atoms with Crippen molar-refractivity contribution in [2.24, 2.45) is 0 Å². The average Bonchev–Trinajstić information content (AvgIpc) is 2.93. The molecule has 1 heterocycles. The van der Waals surface area contributed by atoms with Crippen molar-refractivity contribution in [3.8, 4) is 0 Å². The first-order valence-electron chi connectivity index (χ1n) is 9.72. The Labute approximate surface area is 166 Å². The van der Waals surface area contributed by atoms with Crippen LogP contribution in [0.4, 0.5) is 5.69 Å². The van der Waals surface area contributed by atoms with Gasteiger partial charge in [-0.15, -0.1) is 0 Å². The molecule has 0 aromatic heterocycles. The first-order chi connectivity index (χ1) is 13.2. The molecule has 2 aliphatic rings. The summed E-state index contributed by atoms with van der Waals surface area (Å²) in [7, 11) is -3.67. The van der Waals surface area contributed by atoms with Crippen molar-refractivity contribution in [1.82, 2.24) is 4.72 Å². The highest BCUT2D eigenvalue weighted by Gasteiger charge is 2.38. The number of anilines is 1. The number of rotatable bonds is 3. The Bertz CT molecular complexity index is 1040. The van der Waals surface area contributed by atoms with Gasteiger partial charge < -0.3 is 4.90 Å². The molecule has 148 valence electrons. The summed E-state index contributed by atoms with van der Waals surface area (Å²) in [6.45, 7) is 6.18. The van der Waals surface area contributed by atoms with Gasteiger partial charge in [0.05, 0.1) is 4.90 Å². The maximum absolute atomic E-state index is 13.1. The highest BCUT2D eigenvalue weighted by Crippen LogP contribution is 2.41. The summed E-state index contributed by atoms with van der Waals surface area (Å²) in [5.41, 5.74) is 3.70. The van der Waals surface area contributed by atoms with Gasteiger partial charge in [0.15, 0.2) is 0 Å². The Morgan fingerprint density at radius 1 is 1.18 bits per heavy atom. The molecule has 1 amide bonds. The maximum Gasteiger partial charge on any atom is 0.241 e. The van der Waals surface area contributed by atoms with Gasteiger partial charge in [0.2, 0.25) is 15.9 Å². The number of hydrogen-bond donors (Lipinski definition) is 1. The Morgan fingerprint density at radius 3 is 2.68 bits per heavy atom. The van der Waals surface area contributed by atoms with Gasteiger partial charge in [-0.05, 0) is 54.2 Å². The molecule has 28 heavy (non-hydrogen) atoms.